The zero-order valence-corrected chi connectivity index (χ0v) is 20.3. The van der Waals surface area contributed by atoms with E-state index in [1.165, 1.54) is 0 Å². The fraction of sp³-hybridized carbons (Fsp3) is 0.591. The topological polar surface area (TPSA) is 93.2 Å². The summed E-state index contributed by atoms with van der Waals surface area (Å²) >= 11 is 2.19. The third-order valence-corrected chi connectivity index (χ3v) is 6.77. The Kier molecular flexibility index (Phi) is 7.79. The summed E-state index contributed by atoms with van der Waals surface area (Å²) in [5.41, 5.74) is 0.0290. The third kappa shape index (κ3) is 6.31. The molecule has 2 heterocycles. The van der Waals surface area contributed by atoms with Gasteiger partial charge in [-0.05, 0) is 73.9 Å². The van der Waals surface area contributed by atoms with Gasteiger partial charge in [0.25, 0.3) is 0 Å². The number of amides is 4. The molecule has 2 fully saturated rings. The molecule has 0 radical (unpaired) electrons. The van der Waals surface area contributed by atoms with Crippen LogP contribution in [0.15, 0.2) is 24.3 Å². The van der Waals surface area contributed by atoms with Crippen LogP contribution in [0.1, 0.15) is 39.5 Å². The van der Waals surface area contributed by atoms with Crippen molar-refractivity contribution in [3.05, 3.63) is 27.8 Å². The number of carbonyl (C=O) groups is 3. The van der Waals surface area contributed by atoms with E-state index < -0.39 is 11.6 Å². The summed E-state index contributed by atoms with van der Waals surface area (Å²) in [6.07, 6.45) is 2.18. The highest BCUT2D eigenvalue weighted by molar-refractivity contribution is 14.1. The molecule has 2 saturated heterocycles. The van der Waals surface area contributed by atoms with Crippen molar-refractivity contribution in [1.82, 2.24) is 14.7 Å². The lowest BCUT2D eigenvalue weighted by Gasteiger charge is -2.39. The Morgan fingerprint density at radius 1 is 1.23 bits per heavy atom. The zero-order valence-electron chi connectivity index (χ0n) is 18.1. The van der Waals surface area contributed by atoms with Gasteiger partial charge in [0.1, 0.15) is 6.04 Å². The predicted octanol–water partition coefficient (Wildman–Crippen LogP) is 2.51. The SMILES string of the molecule is C[C@H]1C(=O)N(CCCC(=O)N2CCC(C)(O)CC2)CCN1C(=O)Nc1cccc(I)c1. The van der Waals surface area contributed by atoms with Crippen molar-refractivity contribution in [3.8, 4) is 0 Å². The van der Waals surface area contributed by atoms with Crippen molar-refractivity contribution in [3.63, 3.8) is 0 Å². The number of nitrogens with one attached hydrogen (secondary N) is 1. The normalized spacial score (nSPS) is 21.2. The Morgan fingerprint density at radius 2 is 1.94 bits per heavy atom. The molecule has 9 heteroatoms. The molecule has 0 saturated carbocycles. The number of hydrogen-bond acceptors (Lipinski definition) is 4. The first-order valence-electron chi connectivity index (χ1n) is 10.8. The Morgan fingerprint density at radius 3 is 2.61 bits per heavy atom. The second-order valence-electron chi connectivity index (χ2n) is 8.62. The summed E-state index contributed by atoms with van der Waals surface area (Å²) in [7, 11) is 0. The first-order chi connectivity index (χ1) is 14.7. The lowest BCUT2D eigenvalue weighted by atomic mass is 9.93. The van der Waals surface area contributed by atoms with Crippen molar-refractivity contribution in [2.24, 2.45) is 0 Å². The minimum absolute atomic E-state index is 0.0755. The molecule has 170 valence electrons. The van der Waals surface area contributed by atoms with E-state index in [0.29, 0.717) is 64.1 Å². The van der Waals surface area contributed by atoms with E-state index >= 15 is 0 Å². The van der Waals surface area contributed by atoms with Crippen LogP contribution in [-0.4, -0.2) is 82.0 Å². The molecule has 1 atom stereocenters. The van der Waals surface area contributed by atoms with Gasteiger partial charge in [-0.3, -0.25) is 9.59 Å². The number of anilines is 1. The number of rotatable bonds is 5. The predicted molar refractivity (Wildman–Crippen MR) is 127 cm³/mol. The van der Waals surface area contributed by atoms with Crippen LogP contribution in [0.5, 0.6) is 0 Å². The van der Waals surface area contributed by atoms with Crippen LogP contribution in [0.2, 0.25) is 0 Å². The van der Waals surface area contributed by atoms with Gasteiger partial charge in [-0.2, -0.15) is 0 Å². The summed E-state index contributed by atoms with van der Waals surface area (Å²) in [6.45, 7) is 6.13. The van der Waals surface area contributed by atoms with Crippen molar-refractivity contribution < 1.29 is 19.5 Å². The van der Waals surface area contributed by atoms with Crippen LogP contribution < -0.4 is 5.32 Å². The van der Waals surface area contributed by atoms with Gasteiger partial charge in [-0.1, -0.05) is 6.07 Å². The van der Waals surface area contributed by atoms with Gasteiger partial charge in [-0.15, -0.1) is 0 Å². The van der Waals surface area contributed by atoms with Crippen LogP contribution in [0.25, 0.3) is 0 Å². The molecule has 2 N–H and O–H groups in total. The summed E-state index contributed by atoms with van der Waals surface area (Å²) in [4.78, 5) is 42.9. The molecule has 2 aliphatic rings. The maximum Gasteiger partial charge on any atom is 0.322 e. The molecule has 3 rings (SSSR count). The van der Waals surface area contributed by atoms with E-state index in [-0.39, 0.29) is 17.8 Å². The summed E-state index contributed by atoms with van der Waals surface area (Å²) < 4.78 is 1.02. The van der Waals surface area contributed by atoms with Crippen molar-refractivity contribution in [1.29, 1.82) is 0 Å². The fourth-order valence-corrected chi connectivity index (χ4v) is 4.55. The lowest BCUT2D eigenvalue weighted by Crippen LogP contribution is -2.58. The van der Waals surface area contributed by atoms with E-state index in [2.05, 4.69) is 27.9 Å². The van der Waals surface area contributed by atoms with Crippen LogP contribution in [0, 0.1) is 3.57 Å². The Balaban J connectivity index is 1.44. The smallest absolute Gasteiger partial charge is 0.322 e. The molecule has 0 aliphatic carbocycles. The van der Waals surface area contributed by atoms with E-state index in [1.54, 1.807) is 21.6 Å². The number of benzene rings is 1. The number of hydrogen-bond donors (Lipinski definition) is 2. The third-order valence-electron chi connectivity index (χ3n) is 6.10. The number of piperidine rings is 1. The number of halogens is 1. The Hall–Kier alpha value is -1.88. The van der Waals surface area contributed by atoms with E-state index in [4.69, 9.17) is 0 Å². The molecule has 31 heavy (non-hydrogen) atoms. The highest BCUT2D eigenvalue weighted by Crippen LogP contribution is 2.22. The standard InChI is InChI=1S/C22H31IN4O4/c1-16-20(29)26(10-4-7-19(28)25-11-8-22(2,31)9-12-25)13-14-27(16)21(30)24-18-6-3-5-17(23)15-18/h3,5-6,15-16,31H,4,7-14H2,1-2H3,(H,24,30)/t16-/m0/s1. The summed E-state index contributed by atoms with van der Waals surface area (Å²) in [6, 6.07) is 6.69. The van der Waals surface area contributed by atoms with Crippen molar-refractivity contribution in [2.75, 3.05) is 38.0 Å². The summed E-state index contributed by atoms with van der Waals surface area (Å²) in [5.74, 6) is -0.0167. The van der Waals surface area contributed by atoms with Gasteiger partial charge in [0, 0.05) is 48.4 Å². The zero-order chi connectivity index (χ0) is 22.6. The largest absolute Gasteiger partial charge is 0.390 e. The monoisotopic (exact) mass is 542 g/mol. The van der Waals surface area contributed by atoms with Crippen molar-refractivity contribution >= 4 is 46.1 Å². The minimum Gasteiger partial charge on any atom is -0.390 e. The molecule has 0 aromatic heterocycles. The number of likely N-dealkylation sites (tertiary alicyclic amines) is 1. The Labute approximate surface area is 197 Å². The molecule has 4 amide bonds. The molecule has 0 spiro atoms. The minimum atomic E-state index is -0.676. The molecule has 0 bridgehead atoms. The maximum atomic E-state index is 12.8. The van der Waals surface area contributed by atoms with Crippen LogP contribution in [0.3, 0.4) is 0 Å². The highest BCUT2D eigenvalue weighted by Gasteiger charge is 2.34. The average molecular weight is 542 g/mol. The maximum absolute atomic E-state index is 12.8. The van der Waals surface area contributed by atoms with E-state index in [0.717, 1.165) is 3.57 Å². The number of carbonyl (C=O) groups excluding carboxylic acids is 3. The fourth-order valence-electron chi connectivity index (χ4n) is 4.01. The van der Waals surface area contributed by atoms with Gasteiger partial charge in [0.05, 0.1) is 5.60 Å². The first-order valence-corrected chi connectivity index (χ1v) is 11.9. The molecular weight excluding hydrogens is 511 g/mol. The number of nitrogens with zero attached hydrogens (tertiary/aromatic N) is 3. The number of aliphatic hydroxyl groups is 1. The van der Waals surface area contributed by atoms with Gasteiger partial charge < -0.3 is 25.1 Å². The molecule has 1 aromatic rings. The molecule has 2 aliphatic heterocycles. The van der Waals surface area contributed by atoms with Crippen LogP contribution in [-0.2, 0) is 9.59 Å². The summed E-state index contributed by atoms with van der Waals surface area (Å²) in [5, 5.41) is 12.9. The molecule has 8 nitrogen and oxygen atoms in total. The van der Waals surface area contributed by atoms with E-state index in [1.807, 2.05) is 31.2 Å². The van der Waals surface area contributed by atoms with Crippen molar-refractivity contribution in [2.45, 2.75) is 51.2 Å². The van der Waals surface area contributed by atoms with Crippen LogP contribution in [0.4, 0.5) is 10.5 Å². The average Bonchev–Trinajstić information content (AvgIpc) is 2.71. The highest BCUT2D eigenvalue weighted by atomic mass is 127. The Bertz CT molecular complexity index is 821. The van der Waals surface area contributed by atoms with Gasteiger partial charge in [-0.25, -0.2) is 4.79 Å². The quantitative estimate of drug-likeness (QED) is 0.560. The molecule has 0 unspecified atom stereocenters. The second kappa shape index (κ2) is 10.2. The number of piperazine rings is 1. The van der Waals surface area contributed by atoms with Crippen LogP contribution >= 0.6 is 22.6 Å². The van der Waals surface area contributed by atoms with Gasteiger partial charge >= 0.3 is 6.03 Å². The molecule has 1 aromatic carbocycles. The second-order valence-corrected chi connectivity index (χ2v) is 9.86. The van der Waals surface area contributed by atoms with Gasteiger partial charge in [0.2, 0.25) is 11.8 Å². The molecular formula is C22H31IN4O4. The first kappa shape index (κ1) is 23.8. The lowest BCUT2D eigenvalue weighted by molar-refractivity contribution is -0.140. The number of urea groups is 1. The van der Waals surface area contributed by atoms with Gasteiger partial charge in [0.15, 0.2) is 0 Å². The van der Waals surface area contributed by atoms with E-state index in [9.17, 15) is 19.5 Å².